The van der Waals surface area contributed by atoms with Crippen LogP contribution < -0.4 is 5.32 Å². The normalized spacial score (nSPS) is 17.6. The summed E-state index contributed by atoms with van der Waals surface area (Å²) >= 11 is 0. The molecule has 5 heteroatoms. The highest BCUT2D eigenvalue weighted by molar-refractivity contribution is 5.99. The lowest BCUT2D eigenvalue weighted by atomic mass is 10.1. The second-order valence-electron chi connectivity index (χ2n) is 5.75. The van der Waals surface area contributed by atoms with E-state index in [2.05, 4.69) is 5.32 Å². The topological polar surface area (TPSA) is 52.7 Å². The van der Waals surface area contributed by atoms with Crippen molar-refractivity contribution in [3.05, 3.63) is 35.4 Å². The van der Waals surface area contributed by atoms with Crippen LogP contribution in [0.1, 0.15) is 40.5 Å². The van der Waals surface area contributed by atoms with Crippen molar-refractivity contribution in [2.24, 2.45) is 0 Å². The van der Waals surface area contributed by atoms with Gasteiger partial charge in [-0.05, 0) is 45.0 Å². The van der Waals surface area contributed by atoms with Gasteiger partial charge in [0.25, 0.3) is 11.8 Å². The van der Waals surface area contributed by atoms with Crippen LogP contribution in [-0.2, 0) is 0 Å². The van der Waals surface area contributed by atoms with Crippen molar-refractivity contribution in [3.8, 4) is 0 Å². The van der Waals surface area contributed by atoms with Crippen LogP contribution in [0.25, 0.3) is 0 Å². The first-order chi connectivity index (χ1) is 10.6. The van der Waals surface area contributed by atoms with Crippen molar-refractivity contribution in [2.45, 2.75) is 25.8 Å². The molecule has 0 aromatic heterocycles. The van der Waals surface area contributed by atoms with Gasteiger partial charge in [0.15, 0.2) is 0 Å². The fourth-order valence-corrected chi connectivity index (χ4v) is 2.87. The zero-order valence-electron chi connectivity index (χ0n) is 13.6. The van der Waals surface area contributed by atoms with Gasteiger partial charge in [0.05, 0.1) is 0 Å². The molecule has 0 aliphatic carbocycles. The quantitative estimate of drug-likeness (QED) is 0.899. The molecule has 1 aromatic rings. The van der Waals surface area contributed by atoms with E-state index in [1.807, 2.05) is 18.9 Å². The summed E-state index contributed by atoms with van der Waals surface area (Å²) in [5.74, 6) is -0.0306. The van der Waals surface area contributed by atoms with Crippen molar-refractivity contribution < 1.29 is 9.59 Å². The third-order valence-corrected chi connectivity index (χ3v) is 4.26. The lowest BCUT2D eigenvalue weighted by Gasteiger charge is -2.25. The van der Waals surface area contributed by atoms with E-state index in [0.29, 0.717) is 17.7 Å². The number of nitrogens with one attached hydrogen (secondary N) is 1. The summed E-state index contributed by atoms with van der Waals surface area (Å²) in [6.07, 6.45) is 2.07. The standard InChI is InChI=1S/C17H25N3O2/c1-4-19(3)16(21)13-7-5-8-14(11-13)17(22)20-10-6-9-15(20)12-18-2/h5,7-8,11,15,18H,4,6,9-10,12H2,1-3H3. The van der Waals surface area contributed by atoms with Crippen LogP contribution in [0.3, 0.4) is 0 Å². The lowest BCUT2D eigenvalue weighted by molar-refractivity contribution is 0.0737. The van der Waals surface area contributed by atoms with E-state index >= 15 is 0 Å². The van der Waals surface area contributed by atoms with Gasteiger partial charge in [-0.15, -0.1) is 0 Å². The molecule has 2 amide bonds. The molecular formula is C17H25N3O2. The molecule has 0 bridgehead atoms. The summed E-state index contributed by atoms with van der Waals surface area (Å²) < 4.78 is 0. The minimum absolute atomic E-state index is 0.0200. The maximum absolute atomic E-state index is 12.7. The highest BCUT2D eigenvalue weighted by Crippen LogP contribution is 2.20. The van der Waals surface area contributed by atoms with Gasteiger partial charge in [-0.25, -0.2) is 0 Å². The Morgan fingerprint density at radius 2 is 2.09 bits per heavy atom. The van der Waals surface area contributed by atoms with E-state index < -0.39 is 0 Å². The van der Waals surface area contributed by atoms with Gasteiger partial charge < -0.3 is 15.1 Å². The van der Waals surface area contributed by atoms with E-state index in [9.17, 15) is 9.59 Å². The van der Waals surface area contributed by atoms with Crippen LogP contribution in [0.4, 0.5) is 0 Å². The van der Waals surface area contributed by atoms with E-state index in [0.717, 1.165) is 25.9 Å². The molecule has 1 atom stereocenters. The summed E-state index contributed by atoms with van der Waals surface area (Å²) in [6.45, 7) is 4.17. The predicted molar refractivity (Wildman–Crippen MR) is 87.1 cm³/mol. The molecule has 0 saturated carbocycles. The molecule has 1 aliphatic heterocycles. The fourth-order valence-electron chi connectivity index (χ4n) is 2.87. The van der Waals surface area contributed by atoms with Gasteiger partial charge in [0, 0.05) is 43.9 Å². The van der Waals surface area contributed by atoms with Crippen LogP contribution >= 0.6 is 0 Å². The van der Waals surface area contributed by atoms with Crippen molar-refractivity contribution >= 4 is 11.8 Å². The molecule has 1 fully saturated rings. The highest BCUT2D eigenvalue weighted by Gasteiger charge is 2.29. The third-order valence-electron chi connectivity index (χ3n) is 4.26. The molecule has 2 rings (SSSR count). The zero-order valence-corrected chi connectivity index (χ0v) is 13.6. The Hall–Kier alpha value is -1.88. The third kappa shape index (κ3) is 3.47. The van der Waals surface area contributed by atoms with Crippen molar-refractivity contribution in [1.82, 2.24) is 15.1 Å². The van der Waals surface area contributed by atoms with Crippen LogP contribution in [0.5, 0.6) is 0 Å². The first kappa shape index (κ1) is 16.5. The summed E-state index contributed by atoms with van der Waals surface area (Å²) in [4.78, 5) is 28.5. The Morgan fingerprint density at radius 3 is 2.77 bits per heavy atom. The predicted octanol–water partition coefficient (Wildman–Crippen LogP) is 1.60. The average molecular weight is 303 g/mol. The van der Waals surface area contributed by atoms with E-state index in [4.69, 9.17) is 0 Å². The zero-order chi connectivity index (χ0) is 16.1. The molecule has 1 saturated heterocycles. The largest absolute Gasteiger partial charge is 0.342 e. The van der Waals surface area contributed by atoms with Crippen molar-refractivity contribution in [2.75, 3.05) is 33.7 Å². The fraction of sp³-hybridized carbons (Fsp3) is 0.529. The van der Waals surface area contributed by atoms with Crippen LogP contribution in [0.15, 0.2) is 24.3 Å². The number of likely N-dealkylation sites (N-methyl/N-ethyl adjacent to an activating group) is 1. The molecule has 22 heavy (non-hydrogen) atoms. The molecule has 1 aliphatic rings. The van der Waals surface area contributed by atoms with Crippen LogP contribution in [0, 0.1) is 0 Å². The Kier molecular flexibility index (Phi) is 5.55. The number of rotatable bonds is 5. The van der Waals surface area contributed by atoms with Gasteiger partial charge in [0.2, 0.25) is 0 Å². The van der Waals surface area contributed by atoms with Gasteiger partial charge in [-0.3, -0.25) is 9.59 Å². The molecule has 120 valence electrons. The number of amides is 2. The summed E-state index contributed by atoms with van der Waals surface area (Å²) in [5.41, 5.74) is 1.16. The Morgan fingerprint density at radius 1 is 1.36 bits per heavy atom. The molecule has 1 unspecified atom stereocenters. The SMILES string of the molecule is CCN(C)C(=O)c1cccc(C(=O)N2CCCC2CNC)c1. The van der Waals surface area contributed by atoms with E-state index in [1.165, 1.54) is 0 Å². The average Bonchev–Trinajstić information content (AvgIpc) is 3.01. The van der Waals surface area contributed by atoms with Crippen LogP contribution in [0.2, 0.25) is 0 Å². The second kappa shape index (κ2) is 7.40. The lowest BCUT2D eigenvalue weighted by Crippen LogP contribution is -2.40. The molecule has 1 heterocycles. The molecule has 1 N–H and O–H groups in total. The maximum atomic E-state index is 12.7. The summed E-state index contributed by atoms with van der Waals surface area (Å²) in [5, 5.41) is 3.14. The Labute approximate surface area is 132 Å². The number of nitrogens with zero attached hydrogens (tertiary/aromatic N) is 2. The molecule has 1 aromatic carbocycles. The highest BCUT2D eigenvalue weighted by atomic mass is 16.2. The first-order valence-corrected chi connectivity index (χ1v) is 7.89. The minimum atomic E-state index is -0.0506. The van der Waals surface area contributed by atoms with Gasteiger partial charge >= 0.3 is 0 Å². The number of carbonyl (C=O) groups excluding carboxylic acids is 2. The summed E-state index contributed by atoms with van der Waals surface area (Å²) in [6, 6.07) is 7.30. The Bertz CT molecular complexity index is 544. The van der Waals surface area contributed by atoms with E-state index in [-0.39, 0.29) is 17.9 Å². The second-order valence-corrected chi connectivity index (χ2v) is 5.75. The van der Waals surface area contributed by atoms with Gasteiger partial charge in [-0.1, -0.05) is 6.07 Å². The molecular weight excluding hydrogens is 278 g/mol. The number of benzene rings is 1. The molecule has 0 spiro atoms. The van der Waals surface area contributed by atoms with Crippen LogP contribution in [-0.4, -0.2) is 61.4 Å². The van der Waals surface area contributed by atoms with E-state index in [1.54, 1.807) is 36.2 Å². The van der Waals surface area contributed by atoms with Crippen molar-refractivity contribution in [1.29, 1.82) is 0 Å². The first-order valence-electron chi connectivity index (χ1n) is 7.89. The smallest absolute Gasteiger partial charge is 0.254 e. The number of likely N-dealkylation sites (tertiary alicyclic amines) is 1. The molecule has 0 radical (unpaired) electrons. The molecule has 5 nitrogen and oxygen atoms in total. The van der Waals surface area contributed by atoms with Gasteiger partial charge in [0.1, 0.15) is 0 Å². The maximum Gasteiger partial charge on any atom is 0.254 e. The number of carbonyl (C=O) groups is 2. The number of hydrogen-bond donors (Lipinski definition) is 1. The van der Waals surface area contributed by atoms with Gasteiger partial charge in [-0.2, -0.15) is 0 Å². The summed E-state index contributed by atoms with van der Waals surface area (Å²) in [7, 11) is 3.67. The van der Waals surface area contributed by atoms with Crippen molar-refractivity contribution in [3.63, 3.8) is 0 Å². The monoisotopic (exact) mass is 303 g/mol. The number of hydrogen-bond acceptors (Lipinski definition) is 3. The Balaban J connectivity index is 2.18. The minimum Gasteiger partial charge on any atom is -0.342 e.